The second-order valence-electron chi connectivity index (χ2n) is 13.3. The second kappa shape index (κ2) is 14.4. The summed E-state index contributed by atoms with van der Waals surface area (Å²) in [7, 11) is 2.17. The van der Waals surface area contributed by atoms with Crippen LogP contribution in [-0.2, 0) is 9.47 Å². The lowest BCUT2D eigenvalue weighted by Crippen LogP contribution is -2.35. The van der Waals surface area contributed by atoms with Gasteiger partial charge < -0.3 is 40.5 Å². The molecule has 0 saturated carbocycles. The minimum Gasteiger partial charge on any atom is -0.362 e. The molecule has 0 spiro atoms. The molecule has 2 saturated heterocycles. The summed E-state index contributed by atoms with van der Waals surface area (Å²) in [4.78, 5) is 19.2. The van der Waals surface area contributed by atoms with Crippen LogP contribution in [0.15, 0.2) is 97.1 Å². The van der Waals surface area contributed by atoms with Gasteiger partial charge in [0.15, 0.2) is 0 Å². The first-order valence-electron chi connectivity index (χ1n) is 17.5. The number of likely N-dealkylation sites (tertiary alicyclic amines) is 1. The number of hydrazine groups is 1. The molecule has 2 unspecified atom stereocenters. The third-order valence-electron chi connectivity index (χ3n) is 9.70. The summed E-state index contributed by atoms with van der Waals surface area (Å²) in [5, 5.41) is 3.43. The highest BCUT2D eigenvalue weighted by atomic mass is 16.5. The zero-order chi connectivity index (χ0) is 33.0. The largest absolute Gasteiger partial charge is 0.362 e. The van der Waals surface area contributed by atoms with E-state index in [1.807, 2.05) is 36.4 Å². The van der Waals surface area contributed by atoms with Gasteiger partial charge in [-0.3, -0.25) is 0 Å². The van der Waals surface area contributed by atoms with Crippen molar-refractivity contribution in [2.24, 2.45) is 0 Å². The first-order valence-corrected chi connectivity index (χ1v) is 17.5. The summed E-state index contributed by atoms with van der Waals surface area (Å²) >= 11 is 0. The Morgan fingerprint density at radius 1 is 0.612 bits per heavy atom. The van der Waals surface area contributed by atoms with E-state index in [4.69, 9.17) is 19.4 Å². The number of nitrogens with one attached hydrogen (secondary N) is 5. The molecule has 2 aliphatic rings. The van der Waals surface area contributed by atoms with Gasteiger partial charge in [0.25, 0.3) is 0 Å². The average Bonchev–Trinajstić information content (AvgIpc) is 3.78. The molecule has 6 aromatic rings. The molecule has 2 aliphatic heterocycles. The van der Waals surface area contributed by atoms with Crippen LogP contribution in [0.25, 0.3) is 22.1 Å². The number of rotatable bonds is 11. The van der Waals surface area contributed by atoms with Gasteiger partial charge >= 0.3 is 0 Å². The van der Waals surface area contributed by atoms with E-state index in [2.05, 4.69) is 98.7 Å². The van der Waals surface area contributed by atoms with Gasteiger partial charge in [0.05, 0.1) is 45.6 Å². The van der Waals surface area contributed by atoms with Crippen molar-refractivity contribution in [1.29, 1.82) is 0 Å². The molecule has 0 bridgehead atoms. The molecule has 5 N–H and O–H groups in total. The lowest BCUT2D eigenvalue weighted by atomic mass is 10.1. The number of imidazole rings is 2. The number of benzene rings is 4. The Morgan fingerprint density at radius 3 is 1.53 bits per heavy atom. The highest BCUT2D eigenvalue weighted by Gasteiger charge is 2.27. The minimum absolute atomic E-state index is 0.183. The van der Waals surface area contributed by atoms with Crippen molar-refractivity contribution in [3.8, 4) is 0 Å². The van der Waals surface area contributed by atoms with E-state index in [9.17, 15) is 0 Å². The summed E-state index contributed by atoms with van der Waals surface area (Å²) in [5.74, 6) is 1.67. The van der Waals surface area contributed by atoms with Gasteiger partial charge in [-0.15, -0.1) is 0 Å². The average molecular weight is 657 g/mol. The number of piperidine rings is 2. The summed E-state index contributed by atoms with van der Waals surface area (Å²) in [6, 6.07) is 33.0. The normalized spacial score (nSPS) is 17.7. The van der Waals surface area contributed by atoms with Gasteiger partial charge in [0, 0.05) is 13.1 Å². The first-order chi connectivity index (χ1) is 24.1. The lowest BCUT2D eigenvalue weighted by molar-refractivity contribution is -0.0264. The van der Waals surface area contributed by atoms with Gasteiger partial charge in [0.2, 0.25) is 0 Å². The zero-order valence-electron chi connectivity index (χ0n) is 27.9. The van der Waals surface area contributed by atoms with Crippen molar-refractivity contribution in [3.05, 3.63) is 120 Å². The van der Waals surface area contributed by atoms with E-state index in [0.717, 1.165) is 108 Å². The Balaban J connectivity index is 0.961. The minimum atomic E-state index is -0.276. The van der Waals surface area contributed by atoms with Crippen molar-refractivity contribution < 1.29 is 9.47 Å². The Hall–Kier alpha value is -4.74. The lowest BCUT2D eigenvalue weighted by Gasteiger charge is -2.31. The van der Waals surface area contributed by atoms with Gasteiger partial charge in [-0.1, -0.05) is 48.5 Å². The molecule has 0 aliphatic carbocycles. The molecule has 252 valence electrons. The first kappa shape index (κ1) is 31.5. The van der Waals surface area contributed by atoms with Crippen LogP contribution < -0.4 is 16.2 Å². The van der Waals surface area contributed by atoms with Crippen molar-refractivity contribution in [2.75, 3.05) is 44.1 Å². The molecule has 8 rings (SSSR count). The molecular weight excluding hydrogens is 612 g/mol. The second-order valence-corrected chi connectivity index (χ2v) is 13.3. The van der Waals surface area contributed by atoms with Crippen molar-refractivity contribution in [3.63, 3.8) is 0 Å². The monoisotopic (exact) mass is 656 g/mol. The molecule has 49 heavy (non-hydrogen) atoms. The van der Waals surface area contributed by atoms with Crippen molar-refractivity contribution >= 4 is 33.4 Å². The van der Waals surface area contributed by atoms with Crippen LogP contribution in [0.2, 0.25) is 0 Å². The predicted molar refractivity (Wildman–Crippen MR) is 195 cm³/mol. The van der Waals surface area contributed by atoms with Crippen LogP contribution in [0, 0.1) is 0 Å². The summed E-state index contributed by atoms with van der Waals surface area (Å²) < 4.78 is 13.5. The predicted octanol–water partition coefficient (Wildman–Crippen LogP) is 6.94. The summed E-state index contributed by atoms with van der Waals surface area (Å²) in [5.41, 5.74) is 14.7. The highest BCUT2D eigenvalue weighted by molar-refractivity contribution is 5.75. The van der Waals surface area contributed by atoms with Gasteiger partial charge in [-0.2, -0.15) is 0 Å². The van der Waals surface area contributed by atoms with E-state index in [1.165, 1.54) is 0 Å². The number of hydrogen-bond donors (Lipinski definition) is 5. The standard InChI is InChI=1S/C39H44N8O2/c1-47-24-20-31(21-25-47)49-37(39-43-34-8-4-5-9-35(34)44-39)27-12-16-29(17-13-27)46-45-28-14-10-26(11-15-28)36(48-30-18-22-40-23-19-30)38-41-32-6-2-3-7-33(32)42-38/h2-17,30-31,36-37,40,45-46H,18-25H2,1H3,(H,41,42)(H,43,44). The summed E-state index contributed by atoms with van der Waals surface area (Å²) in [6.45, 7) is 4.02. The number of H-pyrrole nitrogens is 2. The smallest absolute Gasteiger partial charge is 0.141 e. The van der Waals surface area contributed by atoms with E-state index in [1.54, 1.807) is 0 Å². The molecule has 4 heterocycles. The Kier molecular flexibility index (Phi) is 9.26. The molecular formula is C39H44N8O2. The number of aromatic nitrogens is 4. The maximum atomic E-state index is 6.76. The Labute approximate surface area is 286 Å². The van der Waals surface area contributed by atoms with E-state index in [0.29, 0.717) is 0 Å². The Bertz CT molecular complexity index is 1890. The molecule has 2 aromatic heterocycles. The molecule has 10 nitrogen and oxygen atoms in total. The molecule has 2 fully saturated rings. The Morgan fingerprint density at radius 2 is 1.06 bits per heavy atom. The maximum Gasteiger partial charge on any atom is 0.141 e. The van der Waals surface area contributed by atoms with Crippen LogP contribution in [0.4, 0.5) is 11.4 Å². The van der Waals surface area contributed by atoms with Gasteiger partial charge in [-0.25, -0.2) is 9.97 Å². The van der Waals surface area contributed by atoms with Crippen LogP contribution >= 0.6 is 0 Å². The molecule has 4 aromatic carbocycles. The number of hydrogen-bond acceptors (Lipinski definition) is 8. The van der Waals surface area contributed by atoms with E-state index >= 15 is 0 Å². The number of anilines is 2. The van der Waals surface area contributed by atoms with Gasteiger partial charge in [-0.05, 0) is 105 Å². The van der Waals surface area contributed by atoms with Crippen molar-refractivity contribution in [1.82, 2.24) is 30.2 Å². The quantitative estimate of drug-likeness (QED) is 0.0954. The van der Waals surface area contributed by atoms with E-state index in [-0.39, 0.29) is 24.4 Å². The highest BCUT2D eigenvalue weighted by Crippen LogP contribution is 2.32. The topological polar surface area (TPSA) is 115 Å². The van der Waals surface area contributed by atoms with Crippen LogP contribution in [0.5, 0.6) is 0 Å². The molecule has 0 amide bonds. The molecule has 2 atom stereocenters. The van der Waals surface area contributed by atoms with Crippen LogP contribution in [0.3, 0.4) is 0 Å². The van der Waals surface area contributed by atoms with E-state index < -0.39 is 0 Å². The van der Waals surface area contributed by atoms with Gasteiger partial charge in [0.1, 0.15) is 23.9 Å². The number of fused-ring (bicyclic) bond motifs is 2. The number of aromatic amines is 2. The fraction of sp³-hybridized carbons (Fsp3) is 0.333. The third-order valence-corrected chi connectivity index (χ3v) is 9.70. The fourth-order valence-electron chi connectivity index (χ4n) is 6.86. The van der Waals surface area contributed by atoms with Crippen LogP contribution in [-0.4, -0.2) is 70.3 Å². The number of ether oxygens (including phenoxy) is 2. The summed E-state index contributed by atoms with van der Waals surface area (Å²) in [6.07, 6.45) is 3.82. The zero-order valence-corrected chi connectivity index (χ0v) is 27.9. The third kappa shape index (κ3) is 7.33. The maximum absolute atomic E-state index is 6.76. The SMILES string of the molecule is CN1CCC(OC(c2ccc(NNc3ccc(C(OC4CCNCC4)c4nc5ccccc5[nH]4)cc3)cc2)c2nc3ccccc3[nH]2)CC1. The molecule has 0 radical (unpaired) electrons. The number of para-hydroxylation sites is 4. The molecule has 10 heteroatoms. The number of nitrogens with zero attached hydrogens (tertiary/aromatic N) is 3. The van der Waals surface area contributed by atoms with Crippen LogP contribution in [0.1, 0.15) is 60.7 Å². The van der Waals surface area contributed by atoms with Crippen molar-refractivity contribution in [2.45, 2.75) is 50.1 Å². The fourth-order valence-corrected chi connectivity index (χ4v) is 6.86.